The molecule has 0 bridgehead atoms. The summed E-state index contributed by atoms with van der Waals surface area (Å²) in [6.07, 6.45) is -2.87. The number of carbonyl (C=O) groups is 1. The minimum atomic E-state index is -1.47. The molecular weight excluding hydrogens is 341 g/mol. The molecule has 2 aromatic carbocycles. The number of rotatable bonds is 5. The number of para-hydroxylation sites is 1. The molecule has 3 N–H and O–H groups in total. The number of halogens is 2. The van der Waals surface area contributed by atoms with E-state index in [4.69, 9.17) is 26.2 Å². The molecule has 2 rings (SSSR count). The first-order valence-electron chi connectivity index (χ1n) is 6.76. The number of hydrogen-bond acceptors (Lipinski definition) is 4. The Morgan fingerprint density at radius 2 is 1.96 bits per heavy atom. The average molecular weight is 356 g/mol. The number of aliphatic hydroxyl groups excluding tert-OH is 1. The highest BCUT2D eigenvalue weighted by Crippen LogP contribution is 2.40. The molecule has 0 fully saturated rings. The van der Waals surface area contributed by atoms with E-state index in [2.05, 4.69) is 0 Å². The number of carboxylic acid groups (broad SMARTS) is 1. The van der Waals surface area contributed by atoms with Crippen LogP contribution in [0.2, 0.25) is 5.02 Å². The van der Waals surface area contributed by atoms with Crippen molar-refractivity contribution in [1.82, 2.24) is 0 Å². The van der Waals surface area contributed by atoms with Crippen molar-refractivity contribution in [2.75, 3.05) is 19.5 Å². The summed E-state index contributed by atoms with van der Waals surface area (Å²) in [6.45, 7) is 0. The van der Waals surface area contributed by atoms with Gasteiger partial charge in [0, 0.05) is 16.1 Å². The molecule has 128 valence electrons. The minimum Gasteiger partial charge on any atom is -0.493 e. The monoisotopic (exact) mass is 355 g/mol. The van der Waals surface area contributed by atoms with Gasteiger partial charge in [-0.15, -0.1) is 0 Å². The third-order valence-electron chi connectivity index (χ3n) is 3.34. The summed E-state index contributed by atoms with van der Waals surface area (Å²) in [5, 5.41) is 21.5. The van der Waals surface area contributed by atoms with Crippen molar-refractivity contribution in [1.29, 1.82) is 0 Å². The minimum absolute atomic E-state index is 0.0133. The van der Waals surface area contributed by atoms with Crippen LogP contribution >= 0.6 is 11.6 Å². The van der Waals surface area contributed by atoms with Crippen LogP contribution in [-0.4, -0.2) is 30.5 Å². The molecule has 0 spiro atoms. The van der Waals surface area contributed by atoms with Gasteiger partial charge in [0.1, 0.15) is 11.9 Å². The Morgan fingerprint density at radius 3 is 2.54 bits per heavy atom. The third kappa shape index (κ3) is 3.52. The van der Waals surface area contributed by atoms with E-state index in [-0.39, 0.29) is 27.6 Å². The van der Waals surface area contributed by atoms with Crippen molar-refractivity contribution in [3.63, 3.8) is 0 Å². The predicted octanol–water partition coefficient (Wildman–Crippen LogP) is 3.67. The van der Waals surface area contributed by atoms with E-state index in [1.165, 1.54) is 20.3 Å². The second-order valence-electron chi connectivity index (χ2n) is 4.77. The number of ether oxygens (including phenoxy) is 2. The Hall–Kier alpha value is -2.51. The number of amides is 1. The lowest BCUT2D eigenvalue weighted by Crippen LogP contribution is -2.14. The summed E-state index contributed by atoms with van der Waals surface area (Å²) >= 11 is 5.84. The van der Waals surface area contributed by atoms with Gasteiger partial charge in [-0.2, -0.15) is 0 Å². The van der Waals surface area contributed by atoms with Crippen LogP contribution < -0.4 is 14.8 Å². The van der Waals surface area contributed by atoms with E-state index < -0.39 is 18.0 Å². The summed E-state index contributed by atoms with van der Waals surface area (Å²) in [7, 11) is 2.83. The van der Waals surface area contributed by atoms with Gasteiger partial charge in [-0.3, -0.25) is 5.32 Å². The summed E-state index contributed by atoms with van der Waals surface area (Å²) in [5.74, 6) is -0.292. The molecule has 1 atom stereocenters. The molecule has 24 heavy (non-hydrogen) atoms. The molecular formula is C16H15ClFNO5. The maximum atomic E-state index is 14.1. The Labute approximate surface area is 142 Å². The maximum absolute atomic E-state index is 14.1. The highest BCUT2D eigenvalue weighted by molar-refractivity contribution is 6.30. The molecule has 0 aliphatic carbocycles. The number of nitrogens with one attached hydrogen (secondary N) is 1. The van der Waals surface area contributed by atoms with Crippen LogP contribution in [0.15, 0.2) is 30.3 Å². The smallest absolute Gasteiger partial charge is 0.409 e. The van der Waals surface area contributed by atoms with Crippen molar-refractivity contribution in [3.05, 3.63) is 52.3 Å². The molecule has 0 radical (unpaired) electrons. The van der Waals surface area contributed by atoms with Crippen LogP contribution in [0.4, 0.5) is 14.9 Å². The predicted molar refractivity (Wildman–Crippen MR) is 86.7 cm³/mol. The van der Waals surface area contributed by atoms with Gasteiger partial charge in [-0.05, 0) is 18.2 Å². The van der Waals surface area contributed by atoms with Crippen molar-refractivity contribution in [2.45, 2.75) is 6.10 Å². The number of hydrogen-bond donors (Lipinski definition) is 3. The highest BCUT2D eigenvalue weighted by atomic mass is 35.5. The van der Waals surface area contributed by atoms with Gasteiger partial charge in [0.25, 0.3) is 0 Å². The van der Waals surface area contributed by atoms with Crippen LogP contribution in [-0.2, 0) is 0 Å². The molecule has 8 heteroatoms. The fourth-order valence-electron chi connectivity index (χ4n) is 2.34. The lowest BCUT2D eigenvalue weighted by molar-refractivity contribution is 0.208. The standard InChI is InChI=1S/C16H15ClFNO5/c1-23-12-5-3-4-9(15(12)24-2)14(20)10-6-8(17)7-11(18)13(10)19-16(21)22/h3-7,14,19-20H,1-2H3,(H,21,22). The van der Waals surface area contributed by atoms with Crippen molar-refractivity contribution >= 4 is 23.4 Å². The lowest BCUT2D eigenvalue weighted by Gasteiger charge is -2.20. The first-order valence-corrected chi connectivity index (χ1v) is 7.14. The van der Waals surface area contributed by atoms with Crippen LogP contribution in [0.3, 0.4) is 0 Å². The topological polar surface area (TPSA) is 88.0 Å². The van der Waals surface area contributed by atoms with Crippen LogP contribution in [0, 0.1) is 5.82 Å². The van der Waals surface area contributed by atoms with E-state index in [0.717, 1.165) is 6.07 Å². The molecule has 0 heterocycles. The van der Waals surface area contributed by atoms with Gasteiger partial charge in [0.2, 0.25) is 0 Å². The lowest BCUT2D eigenvalue weighted by atomic mass is 9.98. The van der Waals surface area contributed by atoms with E-state index in [0.29, 0.717) is 5.75 Å². The van der Waals surface area contributed by atoms with Gasteiger partial charge in [0.05, 0.1) is 19.9 Å². The van der Waals surface area contributed by atoms with Crippen molar-refractivity contribution in [2.24, 2.45) is 0 Å². The van der Waals surface area contributed by atoms with Gasteiger partial charge in [0.15, 0.2) is 11.5 Å². The number of benzene rings is 2. The van der Waals surface area contributed by atoms with Crippen molar-refractivity contribution < 1.29 is 28.9 Å². The van der Waals surface area contributed by atoms with Gasteiger partial charge < -0.3 is 19.7 Å². The van der Waals surface area contributed by atoms with E-state index in [1.54, 1.807) is 18.2 Å². The van der Waals surface area contributed by atoms with E-state index >= 15 is 0 Å². The SMILES string of the molecule is COc1cccc(C(O)c2cc(Cl)cc(F)c2NC(=O)O)c1OC. The zero-order valence-corrected chi connectivity index (χ0v) is 13.6. The van der Waals surface area contributed by atoms with E-state index in [1.807, 2.05) is 5.32 Å². The summed E-state index contributed by atoms with van der Waals surface area (Å²) in [4.78, 5) is 10.9. The molecule has 2 aromatic rings. The first-order chi connectivity index (χ1) is 11.4. The Kier molecular flexibility index (Phi) is 5.48. The van der Waals surface area contributed by atoms with Crippen LogP contribution in [0.1, 0.15) is 17.2 Å². The van der Waals surface area contributed by atoms with Crippen molar-refractivity contribution in [3.8, 4) is 11.5 Å². The molecule has 1 amide bonds. The number of anilines is 1. The molecule has 0 saturated carbocycles. The second-order valence-corrected chi connectivity index (χ2v) is 5.20. The molecule has 6 nitrogen and oxygen atoms in total. The van der Waals surface area contributed by atoms with E-state index in [9.17, 15) is 14.3 Å². The molecule has 0 aromatic heterocycles. The Morgan fingerprint density at radius 1 is 1.25 bits per heavy atom. The molecule has 0 aliphatic rings. The van der Waals surface area contributed by atoms with Gasteiger partial charge in [-0.25, -0.2) is 9.18 Å². The summed E-state index contributed by atoms with van der Waals surface area (Å²) in [5.41, 5.74) is -0.162. The quantitative estimate of drug-likeness (QED) is 0.761. The van der Waals surface area contributed by atoms with Crippen LogP contribution in [0.5, 0.6) is 11.5 Å². The zero-order valence-electron chi connectivity index (χ0n) is 12.8. The molecule has 0 aliphatic heterocycles. The van der Waals surface area contributed by atoms with Gasteiger partial charge >= 0.3 is 6.09 Å². The maximum Gasteiger partial charge on any atom is 0.409 e. The average Bonchev–Trinajstić information content (AvgIpc) is 2.55. The first kappa shape index (κ1) is 17.8. The summed E-state index contributed by atoms with van der Waals surface area (Å²) < 4.78 is 24.5. The highest BCUT2D eigenvalue weighted by Gasteiger charge is 2.24. The fraction of sp³-hybridized carbons (Fsp3) is 0.188. The molecule has 1 unspecified atom stereocenters. The van der Waals surface area contributed by atoms with Crippen LogP contribution in [0.25, 0.3) is 0 Å². The number of aliphatic hydroxyl groups is 1. The van der Waals surface area contributed by atoms with Gasteiger partial charge in [-0.1, -0.05) is 23.7 Å². The largest absolute Gasteiger partial charge is 0.493 e. The summed E-state index contributed by atoms with van der Waals surface area (Å²) in [6, 6.07) is 7.02. The Bertz CT molecular complexity index is 768. The normalized spacial score (nSPS) is 11.7. The fourth-order valence-corrected chi connectivity index (χ4v) is 2.56. The molecule has 0 saturated heterocycles. The Balaban J connectivity index is 2.62. The third-order valence-corrected chi connectivity index (χ3v) is 3.56. The number of methoxy groups -OCH3 is 2. The zero-order chi connectivity index (χ0) is 17.9. The second kappa shape index (κ2) is 7.37.